The fourth-order valence-corrected chi connectivity index (χ4v) is 2.19. The Labute approximate surface area is 116 Å². The Balaban J connectivity index is 2.73. The first-order valence-electron chi connectivity index (χ1n) is 5.96. The van der Waals surface area contributed by atoms with Gasteiger partial charge in [0.2, 0.25) is 0 Å². The van der Waals surface area contributed by atoms with E-state index in [0.29, 0.717) is 24.6 Å². The van der Waals surface area contributed by atoms with Gasteiger partial charge in [-0.3, -0.25) is 9.69 Å². The summed E-state index contributed by atoms with van der Waals surface area (Å²) < 4.78 is 0.969. The lowest BCUT2D eigenvalue weighted by Crippen LogP contribution is -2.29. The molecule has 1 unspecified atom stereocenters. The van der Waals surface area contributed by atoms with E-state index in [-0.39, 0.29) is 0 Å². The molecule has 0 radical (unpaired) electrons. The standard InChI is InChI=1S/C14H18BrNO2/c1-11(4-3-7-17)16(2)9-13-8-14(15)6-5-12(13)10-18/h5-8,10-11H,3-4,9H2,1-2H3. The number of halogens is 1. The molecular formula is C14H18BrNO2. The van der Waals surface area contributed by atoms with Gasteiger partial charge in [0.05, 0.1) is 0 Å². The summed E-state index contributed by atoms with van der Waals surface area (Å²) in [5.74, 6) is 0. The zero-order valence-electron chi connectivity index (χ0n) is 10.7. The Hall–Kier alpha value is -1.00. The molecule has 18 heavy (non-hydrogen) atoms. The van der Waals surface area contributed by atoms with E-state index in [9.17, 15) is 9.59 Å². The molecule has 1 aromatic carbocycles. The minimum Gasteiger partial charge on any atom is -0.303 e. The maximum absolute atomic E-state index is 11.0. The molecule has 0 saturated carbocycles. The summed E-state index contributed by atoms with van der Waals surface area (Å²) in [6.07, 6.45) is 3.24. The van der Waals surface area contributed by atoms with Crippen LogP contribution in [0.4, 0.5) is 0 Å². The SMILES string of the molecule is CC(CCC=O)N(C)Cc1cc(Br)ccc1C=O. The number of hydrogen-bond acceptors (Lipinski definition) is 3. The van der Waals surface area contributed by atoms with Crippen molar-refractivity contribution in [3.8, 4) is 0 Å². The van der Waals surface area contributed by atoms with Crippen LogP contribution in [-0.4, -0.2) is 30.6 Å². The number of carbonyl (C=O) groups excluding carboxylic acids is 2. The second-order valence-corrected chi connectivity index (χ2v) is 5.38. The maximum atomic E-state index is 11.0. The van der Waals surface area contributed by atoms with Gasteiger partial charge in [-0.1, -0.05) is 22.0 Å². The molecule has 0 bridgehead atoms. The summed E-state index contributed by atoms with van der Waals surface area (Å²) in [5.41, 5.74) is 1.72. The highest BCUT2D eigenvalue weighted by atomic mass is 79.9. The highest BCUT2D eigenvalue weighted by molar-refractivity contribution is 9.10. The van der Waals surface area contributed by atoms with Crippen LogP contribution in [0.25, 0.3) is 0 Å². The monoisotopic (exact) mass is 311 g/mol. The third-order valence-corrected chi connectivity index (χ3v) is 3.60. The largest absolute Gasteiger partial charge is 0.303 e. The molecule has 0 amide bonds. The van der Waals surface area contributed by atoms with E-state index in [0.717, 1.165) is 29.0 Å². The quantitative estimate of drug-likeness (QED) is 0.726. The summed E-state index contributed by atoms with van der Waals surface area (Å²) >= 11 is 3.41. The molecule has 0 saturated heterocycles. The molecule has 4 heteroatoms. The number of hydrogen-bond donors (Lipinski definition) is 0. The van der Waals surface area contributed by atoms with E-state index >= 15 is 0 Å². The third kappa shape index (κ3) is 4.35. The van der Waals surface area contributed by atoms with E-state index < -0.39 is 0 Å². The highest BCUT2D eigenvalue weighted by Crippen LogP contribution is 2.18. The van der Waals surface area contributed by atoms with Crippen LogP contribution in [0.5, 0.6) is 0 Å². The molecule has 1 rings (SSSR count). The van der Waals surface area contributed by atoms with Crippen LogP contribution in [-0.2, 0) is 11.3 Å². The second kappa shape index (κ2) is 7.44. The Morgan fingerprint density at radius 2 is 2.11 bits per heavy atom. The van der Waals surface area contributed by atoms with Gasteiger partial charge in [0.25, 0.3) is 0 Å². The molecular weight excluding hydrogens is 294 g/mol. The van der Waals surface area contributed by atoms with Crippen LogP contribution in [0.1, 0.15) is 35.7 Å². The van der Waals surface area contributed by atoms with Gasteiger partial charge < -0.3 is 4.79 Å². The van der Waals surface area contributed by atoms with Gasteiger partial charge in [0, 0.05) is 29.0 Å². The first-order chi connectivity index (χ1) is 8.58. The van der Waals surface area contributed by atoms with Crippen molar-refractivity contribution >= 4 is 28.5 Å². The van der Waals surface area contributed by atoms with E-state index in [4.69, 9.17) is 0 Å². The first-order valence-corrected chi connectivity index (χ1v) is 6.75. The van der Waals surface area contributed by atoms with E-state index in [1.54, 1.807) is 0 Å². The van der Waals surface area contributed by atoms with Gasteiger partial charge in [-0.25, -0.2) is 0 Å². The normalized spacial score (nSPS) is 12.4. The van der Waals surface area contributed by atoms with Crippen molar-refractivity contribution in [2.24, 2.45) is 0 Å². The minimum atomic E-state index is 0.314. The lowest BCUT2D eigenvalue weighted by molar-refractivity contribution is -0.108. The van der Waals surface area contributed by atoms with Crippen LogP contribution in [0.15, 0.2) is 22.7 Å². The molecule has 0 N–H and O–H groups in total. The van der Waals surface area contributed by atoms with Gasteiger partial charge in [-0.15, -0.1) is 0 Å². The van der Waals surface area contributed by atoms with Crippen LogP contribution in [0, 0.1) is 0 Å². The molecule has 0 spiro atoms. The topological polar surface area (TPSA) is 37.4 Å². The molecule has 0 aliphatic rings. The van der Waals surface area contributed by atoms with Gasteiger partial charge in [0.15, 0.2) is 0 Å². The van der Waals surface area contributed by atoms with Crippen molar-refractivity contribution in [3.05, 3.63) is 33.8 Å². The molecule has 3 nitrogen and oxygen atoms in total. The molecule has 1 aromatic rings. The second-order valence-electron chi connectivity index (χ2n) is 4.47. The van der Waals surface area contributed by atoms with Gasteiger partial charge in [-0.2, -0.15) is 0 Å². The summed E-state index contributed by atoms with van der Waals surface area (Å²) in [5, 5.41) is 0. The predicted octanol–water partition coefficient (Wildman–Crippen LogP) is 3.06. The third-order valence-electron chi connectivity index (χ3n) is 3.11. The smallest absolute Gasteiger partial charge is 0.150 e. The minimum absolute atomic E-state index is 0.314. The molecule has 98 valence electrons. The number of nitrogens with zero attached hydrogens (tertiary/aromatic N) is 1. The lowest BCUT2D eigenvalue weighted by Gasteiger charge is -2.24. The van der Waals surface area contributed by atoms with Crippen molar-refractivity contribution in [1.29, 1.82) is 0 Å². The van der Waals surface area contributed by atoms with Gasteiger partial charge in [0.1, 0.15) is 12.6 Å². The molecule has 1 atom stereocenters. The summed E-state index contributed by atoms with van der Waals surface area (Å²) in [4.78, 5) is 23.5. The van der Waals surface area contributed by atoms with Crippen molar-refractivity contribution in [1.82, 2.24) is 4.90 Å². The number of benzene rings is 1. The Bertz CT molecular complexity index is 420. The highest BCUT2D eigenvalue weighted by Gasteiger charge is 2.11. The summed E-state index contributed by atoms with van der Waals surface area (Å²) in [6.45, 7) is 2.79. The van der Waals surface area contributed by atoms with Crippen molar-refractivity contribution in [2.75, 3.05) is 7.05 Å². The average molecular weight is 312 g/mol. The molecule has 0 heterocycles. The number of aldehydes is 2. The lowest BCUT2D eigenvalue weighted by atomic mass is 10.1. The molecule has 0 aromatic heterocycles. The molecule has 0 fully saturated rings. The predicted molar refractivity (Wildman–Crippen MR) is 75.8 cm³/mol. The fourth-order valence-electron chi connectivity index (χ4n) is 1.78. The van der Waals surface area contributed by atoms with Gasteiger partial charge >= 0.3 is 0 Å². The van der Waals surface area contributed by atoms with Crippen molar-refractivity contribution < 1.29 is 9.59 Å². The van der Waals surface area contributed by atoms with E-state index in [2.05, 4.69) is 27.8 Å². The van der Waals surface area contributed by atoms with Crippen LogP contribution in [0.2, 0.25) is 0 Å². The maximum Gasteiger partial charge on any atom is 0.150 e. The zero-order valence-corrected chi connectivity index (χ0v) is 12.3. The van der Waals surface area contributed by atoms with Crippen molar-refractivity contribution in [3.63, 3.8) is 0 Å². The van der Waals surface area contributed by atoms with Crippen LogP contribution in [0.3, 0.4) is 0 Å². The Morgan fingerprint density at radius 1 is 1.39 bits per heavy atom. The molecule has 0 aliphatic heterocycles. The number of carbonyl (C=O) groups is 2. The number of rotatable bonds is 7. The van der Waals surface area contributed by atoms with Crippen molar-refractivity contribution in [2.45, 2.75) is 32.4 Å². The van der Waals surface area contributed by atoms with Gasteiger partial charge in [-0.05, 0) is 38.1 Å². The summed E-state index contributed by atoms with van der Waals surface area (Å²) in [7, 11) is 2.00. The van der Waals surface area contributed by atoms with Crippen LogP contribution < -0.4 is 0 Å². The molecule has 0 aliphatic carbocycles. The van der Waals surface area contributed by atoms with Crippen LogP contribution >= 0.6 is 15.9 Å². The fraction of sp³-hybridized carbons (Fsp3) is 0.429. The first kappa shape index (κ1) is 15.1. The average Bonchev–Trinajstić information content (AvgIpc) is 2.36. The summed E-state index contributed by atoms with van der Waals surface area (Å²) in [6, 6.07) is 5.96. The zero-order chi connectivity index (χ0) is 13.5. The van der Waals surface area contributed by atoms with E-state index in [1.807, 2.05) is 25.2 Å². The Kier molecular flexibility index (Phi) is 6.22. The van der Waals surface area contributed by atoms with E-state index in [1.165, 1.54) is 0 Å². The Morgan fingerprint density at radius 3 is 2.72 bits per heavy atom.